The predicted octanol–water partition coefficient (Wildman–Crippen LogP) is 3.73. The average molecular weight is 605 g/mol. The Morgan fingerprint density at radius 1 is 1.05 bits per heavy atom. The molecule has 4 aromatic heterocycles. The summed E-state index contributed by atoms with van der Waals surface area (Å²) in [6.07, 6.45) is 7.33. The first-order valence-corrected chi connectivity index (χ1v) is 15.2. The van der Waals surface area contributed by atoms with Crippen molar-refractivity contribution in [2.45, 2.75) is 18.9 Å². The smallest absolute Gasteiger partial charge is 0.257 e. The Labute approximate surface area is 247 Å². The van der Waals surface area contributed by atoms with E-state index in [0.29, 0.717) is 54.2 Å². The zero-order valence-corrected chi connectivity index (χ0v) is 23.8. The van der Waals surface area contributed by atoms with Crippen LogP contribution >= 0.6 is 0 Å². The number of hydrogen-bond acceptors (Lipinski definition) is 7. The fourth-order valence-electron chi connectivity index (χ4n) is 5.17. The lowest BCUT2D eigenvalue weighted by Crippen LogP contribution is -2.41. The van der Waals surface area contributed by atoms with Crippen LogP contribution in [0.2, 0.25) is 0 Å². The first-order chi connectivity index (χ1) is 20.7. The summed E-state index contributed by atoms with van der Waals surface area (Å²) < 4.78 is 42.3. The fraction of sp³-hybridized carbons (Fsp3) is 0.241. The third kappa shape index (κ3) is 6.04. The van der Waals surface area contributed by atoms with Crippen LogP contribution in [0.25, 0.3) is 28.3 Å². The summed E-state index contributed by atoms with van der Waals surface area (Å²) in [6, 6.07) is 12.0. The number of carbonyl (C=O) groups is 2. The zero-order valence-electron chi connectivity index (χ0n) is 23.0. The van der Waals surface area contributed by atoms with Gasteiger partial charge in [0.2, 0.25) is 11.9 Å². The lowest BCUT2D eigenvalue weighted by Gasteiger charge is -2.33. The molecule has 1 aliphatic rings. The van der Waals surface area contributed by atoms with Crippen molar-refractivity contribution in [1.29, 1.82) is 0 Å². The van der Waals surface area contributed by atoms with Gasteiger partial charge in [-0.3, -0.25) is 13.8 Å². The number of imidazole rings is 2. The number of likely N-dealkylation sites (tertiary alicyclic amines) is 1. The number of aromatic nitrogens is 6. The number of pyridine rings is 1. The van der Waals surface area contributed by atoms with Crippen molar-refractivity contribution in [1.82, 2.24) is 34.0 Å². The molecule has 1 saturated heterocycles. The third-order valence-corrected chi connectivity index (χ3v) is 7.90. The van der Waals surface area contributed by atoms with Crippen molar-refractivity contribution in [2.75, 3.05) is 30.4 Å². The maximum Gasteiger partial charge on any atom is 0.257 e. The molecular weight excluding hydrogens is 578 g/mol. The van der Waals surface area contributed by atoms with Gasteiger partial charge in [-0.05, 0) is 55.3 Å². The SMILES string of the molecule is CS(=O)CC(=O)N1CCC(n2cnc(-c3ccc(F)cc3)c2-c2ccc3nc(NC(=O)c4ccnc(F)c4)cn3n2)CC1. The lowest BCUT2D eigenvalue weighted by molar-refractivity contribution is -0.129. The summed E-state index contributed by atoms with van der Waals surface area (Å²) in [5.74, 6) is -1.57. The van der Waals surface area contributed by atoms with Gasteiger partial charge in [0, 0.05) is 59.6 Å². The molecule has 1 N–H and O–H groups in total. The zero-order chi connectivity index (χ0) is 30.1. The van der Waals surface area contributed by atoms with Crippen LogP contribution in [0, 0.1) is 11.8 Å². The molecule has 5 heterocycles. The van der Waals surface area contributed by atoms with Crippen molar-refractivity contribution in [2.24, 2.45) is 0 Å². The Kier molecular flexibility index (Phi) is 7.76. The standard InChI is InChI=1S/C29H26F2N8O3S/c1-43(42)16-26(40)37-12-9-21(10-13-37)38-17-33-27(18-2-4-20(30)5-3-18)28(38)22-6-7-25-34-24(15-39(25)36-22)35-29(41)19-8-11-32-23(31)14-19/h2-8,11,14-15,17,21H,9-10,12-13,16H2,1H3,(H,35,41). The van der Waals surface area contributed by atoms with Gasteiger partial charge in [-0.15, -0.1) is 0 Å². The first kappa shape index (κ1) is 28.3. The quantitative estimate of drug-likeness (QED) is 0.281. The van der Waals surface area contributed by atoms with Crippen molar-refractivity contribution in [3.63, 3.8) is 0 Å². The molecule has 1 atom stereocenters. The van der Waals surface area contributed by atoms with Gasteiger partial charge < -0.3 is 14.8 Å². The number of piperidine rings is 1. The summed E-state index contributed by atoms with van der Waals surface area (Å²) in [5, 5.41) is 7.42. The molecule has 0 bridgehead atoms. The average Bonchev–Trinajstić information content (AvgIpc) is 3.61. The van der Waals surface area contributed by atoms with Crippen LogP contribution in [0.15, 0.2) is 67.3 Å². The van der Waals surface area contributed by atoms with E-state index >= 15 is 0 Å². The van der Waals surface area contributed by atoms with Crippen molar-refractivity contribution >= 4 is 34.1 Å². The minimum absolute atomic E-state index is 0.00348. The van der Waals surface area contributed by atoms with Crippen LogP contribution < -0.4 is 5.32 Å². The van der Waals surface area contributed by atoms with Crippen molar-refractivity contribution in [3.05, 3.63) is 84.6 Å². The van der Waals surface area contributed by atoms with E-state index in [9.17, 15) is 22.6 Å². The molecule has 0 aliphatic carbocycles. The topological polar surface area (TPSA) is 127 Å². The summed E-state index contributed by atoms with van der Waals surface area (Å²) in [5.41, 5.74) is 3.16. The molecule has 43 heavy (non-hydrogen) atoms. The molecule has 11 nitrogen and oxygen atoms in total. The minimum atomic E-state index is -1.20. The number of halogens is 2. The Hall–Kier alpha value is -4.85. The molecule has 14 heteroatoms. The molecule has 0 saturated carbocycles. The van der Waals surface area contributed by atoms with Gasteiger partial charge in [-0.2, -0.15) is 9.49 Å². The first-order valence-electron chi connectivity index (χ1n) is 13.5. The summed E-state index contributed by atoms with van der Waals surface area (Å²) >= 11 is 0. The molecule has 1 aromatic carbocycles. The Balaban J connectivity index is 1.32. The predicted molar refractivity (Wildman–Crippen MR) is 156 cm³/mol. The maximum absolute atomic E-state index is 13.7. The minimum Gasteiger partial charge on any atom is -0.342 e. The molecule has 1 aliphatic heterocycles. The second-order valence-corrected chi connectivity index (χ2v) is 11.6. The van der Waals surface area contributed by atoms with Gasteiger partial charge in [0.05, 0.1) is 23.9 Å². The molecule has 0 radical (unpaired) electrons. The third-order valence-electron chi connectivity index (χ3n) is 7.24. The van der Waals surface area contributed by atoms with Crippen LogP contribution in [0.1, 0.15) is 29.2 Å². The maximum atomic E-state index is 13.7. The van der Waals surface area contributed by atoms with Crippen LogP contribution in [0.3, 0.4) is 0 Å². The van der Waals surface area contributed by atoms with E-state index in [1.54, 1.807) is 41.7 Å². The number of carbonyl (C=O) groups excluding carboxylic acids is 2. The van der Waals surface area contributed by atoms with Gasteiger partial charge in [0.1, 0.15) is 17.3 Å². The second kappa shape index (κ2) is 11.8. The molecule has 6 rings (SSSR count). The van der Waals surface area contributed by atoms with E-state index in [4.69, 9.17) is 5.10 Å². The van der Waals surface area contributed by atoms with Gasteiger partial charge in [0.25, 0.3) is 5.91 Å². The van der Waals surface area contributed by atoms with Crippen LogP contribution in [0.5, 0.6) is 0 Å². The molecule has 220 valence electrons. The number of anilines is 1. The highest BCUT2D eigenvalue weighted by Crippen LogP contribution is 2.35. The number of rotatable bonds is 7. The normalized spacial score (nSPS) is 14.6. The van der Waals surface area contributed by atoms with E-state index in [0.717, 1.165) is 6.07 Å². The molecule has 1 fully saturated rings. The Morgan fingerprint density at radius 3 is 2.53 bits per heavy atom. The van der Waals surface area contributed by atoms with Gasteiger partial charge in [-0.25, -0.2) is 23.9 Å². The molecule has 1 unspecified atom stereocenters. The van der Waals surface area contributed by atoms with Gasteiger partial charge in [-0.1, -0.05) is 0 Å². The number of hydrogen-bond donors (Lipinski definition) is 1. The number of amides is 2. The van der Waals surface area contributed by atoms with Gasteiger partial charge >= 0.3 is 0 Å². The van der Waals surface area contributed by atoms with E-state index in [2.05, 4.69) is 20.3 Å². The van der Waals surface area contributed by atoms with Gasteiger partial charge in [0.15, 0.2) is 11.5 Å². The largest absolute Gasteiger partial charge is 0.342 e. The highest BCUT2D eigenvalue weighted by molar-refractivity contribution is 7.85. The highest BCUT2D eigenvalue weighted by atomic mass is 32.2. The number of benzene rings is 1. The fourth-order valence-corrected chi connectivity index (χ4v) is 5.70. The van der Waals surface area contributed by atoms with Crippen LogP contribution in [-0.4, -0.2) is 75.2 Å². The summed E-state index contributed by atoms with van der Waals surface area (Å²) in [6.45, 7) is 1.03. The van der Waals surface area contributed by atoms with Crippen LogP contribution in [-0.2, 0) is 15.6 Å². The van der Waals surface area contributed by atoms with Crippen molar-refractivity contribution < 1.29 is 22.6 Å². The molecule has 2 amide bonds. The summed E-state index contributed by atoms with van der Waals surface area (Å²) in [4.78, 5) is 39.4. The Morgan fingerprint density at radius 2 is 1.81 bits per heavy atom. The molecule has 5 aromatic rings. The molecule has 0 spiro atoms. The van der Waals surface area contributed by atoms with E-state index in [1.165, 1.54) is 35.2 Å². The summed E-state index contributed by atoms with van der Waals surface area (Å²) in [7, 11) is -1.20. The van der Waals surface area contributed by atoms with Crippen molar-refractivity contribution in [3.8, 4) is 22.6 Å². The number of nitrogens with zero attached hydrogens (tertiary/aromatic N) is 7. The highest BCUT2D eigenvalue weighted by Gasteiger charge is 2.28. The van der Waals surface area contributed by atoms with E-state index < -0.39 is 22.7 Å². The van der Waals surface area contributed by atoms with E-state index in [-0.39, 0.29) is 34.9 Å². The Bertz CT molecular complexity index is 1850. The lowest BCUT2D eigenvalue weighted by atomic mass is 10.0. The number of fused-ring (bicyclic) bond motifs is 1. The second-order valence-electron chi connectivity index (χ2n) is 10.2. The van der Waals surface area contributed by atoms with Crippen LogP contribution in [0.4, 0.5) is 14.6 Å². The number of nitrogens with one attached hydrogen (secondary N) is 1. The monoisotopic (exact) mass is 604 g/mol. The molecular formula is C29H26F2N8O3S. The van der Waals surface area contributed by atoms with E-state index in [1.807, 2.05) is 4.57 Å².